The van der Waals surface area contributed by atoms with Crippen LogP contribution >= 0.6 is 0 Å². The van der Waals surface area contributed by atoms with E-state index in [9.17, 15) is 0 Å². The van der Waals surface area contributed by atoms with Gasteiger partial charge in [0.15, 0.2) is 0 Å². The molecule has 2 nitrogen and oxygen atoms in total. The minimum Gasteiger partial charge on any atom is -0.237 e. The average molecular weight is 181 g/mol. The minimum absolute atomic E-state index is 1.17. The molecule has 0 N–H and O–H groups in total. The Labute approximate surface area is 81.2 Å². The van der Waals surface area contributed by atoms with Crippen molar-refractivity contribution in [2.75, 3.05) is 0 Å². The maximum atomic E-state index is 2.28. The Morgan fingerprint density at radius 3 is 2.62 bits per heavy atom. The molecule has 0 aliphatic heterocycles. The third-order valence-corrected chi connectivity index (χ3v) is 2.50. The van der Waals surface area contributed by atoms with Gasteiger partial charge >= 0.3 is 0 Å². The molecule has 74 valence electrons. The van der Waals surface area contributed by atoms with Crippen molar-refractivity contribution in [3.05, 3.63) is 18.2 Å². The van der Waals surface area contributed by atoms with E-state index in [0.29, 0.717) is 0 Å². The number of aromatic nitrogens is 2. The second-order valence-electron chi connectivity index (χ2n) is 3.80. The van der Waals surface area contributed by atoms with Gasteiger partial charge in [-0.05, 0) is 12.8 Å². The number of nitrogens with zero attached hydrogens (tertiary/aromatic N) is 2. The van der Waals surface area contributed by atoms with E-state index in [-0.39, 0.29) is 0 Å². The Balaban J connectivity index is 2.29. The topological polar surface area (TPSA) is 8.81 Å². The Hall–Kier alpha value is -0.790. The molecule has 0 unspecified atom stereocenters. The lowest BCUT2D eigenvalue weighted by atomic mass is 10.2. The van der Waals surface area contributed by atoms with Crippen molar-refractivity contribution in [1.29, 1.82) is 0 Å². The zero-order valence-electron chi connectivity index (χ0n) is 9.08. The van der Waals surface area contributed by atoms with Crippen molar-refractivity contribution in [3.63, 3.8) is 0 Å². The number of aryl methyl sites for hydroxylation is 3. The molecule has 0 aliphatic carbocycles. The van der Waals surface area contributed by atoms with E-state index in [4.69, 9.17) is 0 Å². The molecule has 0 bridgehead atoms. The highest BCUT2D eigenvalue weighted by atomic mass is 15.1. The second kappa shape index (κ2) is 5.05. The maximum Gasteiger partial charge on any atom is 0.243 e. The van der Waals surface area contributed by atoms with Crippen LogP contribution in [0, 0.1) is 6.92 Å². The predicted octanol–water partition coefficient (Wildman–Crippen LogP) is 2.20. The van der Waals surface area contributed by atoms with Crippen LogP contribution in [0.3, 0.4) is 0 Å². The van der Waals surface area contributed by atoms with Crippen LogP contribution in [-0.2, 0) is 13.6 Å². The second-order valence-corrected chi connectivity index (χ2v) is 3.80. The Kier molecular flexibility index (Phi) is 4.00. The van der Waals surface area contributed by atoms with Gasteiger partial charge in [0.1, 0.15) is 11.9 Å². The quantitative estimate of drug-likeness (QED) is 0.486. The summed E-state index contributed by atoms with van der Waals surface area (Å²) in [7, 11) is 2.10. The summed E-state index contributed by atoms with van der Waals surface area (Å²) in [5, 5.41) is 0. The molecule has 1 aromatic heterocycles. The third kappa shape index (κ3) is 3.21. The van der Waals surface area contributed by atoms with Crippen LogP contribution in [0.25, 0.3) is 0 Å². The van der Waals surface area contributed by atoms with Crippen molar-refractivity contribution < 1.29 is 4.57 Å². The summed E-state index contributed by atoms with van der Waals surface area (Å²) in [5.41, 5.74) is 1.33. The van der Waals surface area contributed by atoms with Crippen LogP contribution in [0.5, 0.6) is 0 Å². The van der Waals surface area contributed by atoms with Crippen molar-refractivity contribution in [2.24, 2.45) is 7.05 Å². The molecule has 0 aromatic carbocycles. The molecule has 0 spiro atoms. The summed E-state index contributed by atoms with van der Waals surface area (Å²) in [6.45, 7) is 5.56. The van der Waals surface area contributed by atoms with E-state index >= 15 is 0 Å². The van der Waals surface area contributed by atoms with E-state index in [0.717, 1.165) is 0 Å². The summed E-state index contributed by atoms with van der Waals surface area (Å²) >= 11 is 0. The van der Waals surface area contributed by atoms with Crippen LogP contribution < -0.4 is 4.57 Å². The van der Waals surface area contributed by atoms with Gasteiger partial charge in [-0.25, -0.2) is 9.13 Å². The molecule has 0 radical (unpaired) electrons. The van der Waals surface area contributed by atoms with Gasteiger partial charge in [0.25, 0.3) is 0 Å². The lowest BCUT2D eigenvalue weighted by Gasteiger charge is -1.95. The maximum absolute atomic E-state index is 2.28. The minimum atomic E-state index is 1.17. The van der Waals surface area contributed by atoms with Gasteiger partial charge in [-0.3, -0.25) is 0 Å². The highest BCUT2D eigenvalue weighted by Crippen LogP contribution is 2.01. The molecule has 13 heavy (non-hydrogen) atoms. The fourth-order valence-electron chi connectivity index (χ4n) is 1.52. The van der Waals surface area contributed by atoms with E-state index in [2.05, 4.69) is 42.6 Å². The highest BCUT2D eigenvalue weighted by molar-refractivity contribution is 4.83. The first-order chi connectivity index (χ1) is 6.24. The average Bonchev–Trinajstić information content (AvgIpc) is 2.41. The molecule has 2 heteroatoms. The molecule has 0 amide bonds. The zero-order chi connectivity index (χ0) is 9.68. The Morgan fingerprint density at radius 2 is 2.08 bits per heavy atom. The molecule has 1 rings (SSSR count). The van der Waals surface area contributed by atoms with E-state index < -0.39 is 0 Å². The SMILES string of the molecule is CCCCCCn1cc(C)[n+](C)c1. The normalized spacial score (nSPS) is 10.7. The first kappa shape index (κ1) is 10.3. The smallest absolute Gasteiger partial charge is 0.237 e. The van der Waals surface area contributed by atoms with Crippen LogP contribution in [0.4, 0.5) is 0 Å². The van der Waals surface area contributed by atoms with Gasteiger partial charge in [0, 0.05) is 6.92 Å². The lowest BCUT2D eigenvalue weighted by molar-refractivity contribution is -0.677. The van der Waals surface area contributed by atoms with Crippen LogP contribution in [0.15, 0.2) is 12.5 Å². The molecule has 0 aliphatic rings. The number of hydrogen-bond donors (Lipinski definition) is 0. The molecule has 0 atom stereocenters. The third-order valence-electron chi connectivity index (χ3n) is 2.50. The lowest BCUT2D eigenvalue weighted by Crippen LogP contribution is -2.28. The van der Waals surface area contributed by atoms with Crippen LogP contribution in [0.1, 0.15) is 38.3 Å². The zero-order valence-corrected chi connectivity index (χ0v) is 9.08. The molecule has 1 heterocycles. The van der Waals surface area contributed by atoms with Gasteiger partial charge in [-0.2, -0.15) is 0 Å². The number of hydrogen-bond acceptors (Lipinski definition) is 0. The Bertz CT molecular complexity index is 231. The summed E-state index contributed by atoms with van der Waals surface area (Å²) in [5.74, 6) is 0. The summed E-state index contributed by atoms with van der Waals surface area (Å²) in [6, 6.07) is 0. The molecule has 1 aromatic rings. The van der Waals surface area contributed by atoms with Gasteiger partial charge in [-0.15, -0.1) is 0 Å². The number of rotatable bonds is 5. The summed E-state index contributed by atoms with van der Waals surface area (Å²) in [4.78, 5) is 0. The molecular weight excluding hydrogens is 160 g/mol. The molecule has 0 saturated carbocycles. The first-order valence-corrected chi connectivity index (χ1v) is 5.26. The van der Waals surface area contributed by atoms with E-state index in [1.54, 1.807) is 0 Å². The largest absolute Gasteiger partial charge is 0.243 e. The highest BCUT2D eigenvalue weighted by Gasteiger charge is 2.03. The van der Waals surface area contributed by atoms with Crippen molar-refractivity contribution in [3.8, 4) is 0 Å². The predicted molar refractivity (Wildman–Crippen MR) is 54.5 cm³/mol. The monoisotopic (exact) mass is 181 g/mol. The fraction of sp³-hybridized carbons (Fsp3) is 0.727. The van der Waals surface area contributed by atoms with E-state index in [1.165, 1.54) is 37.9 Å². The van der Waals surface area contributed by atoms with Gasteiger partial charge < -0.3 is 0 Å². The molecular formula is C11H21N2+. The van der Waals surface area contributed by atoms with Crippen molar-refractivity contribution in [1.82, 2.24) is 4.57 Å². The molecule has 0 fully saturated rings. The standard InChI is InChI=1S/C11H21N2/c1-4-5-6-7-8-13-9-11(2)12(3)10-13/h9-10H,4-8H2,1-3H3/q+1. The first-order valence-electron chi connectivity index (χ1n) is 5.26. The number of unbranched alkanes of at least 4 members (excludes halogenated alkanes) is 3. The van der Waals surface area contributed by atoms with Crippen LogP contribution in [-0.4, -0.2) is 4.57 Å². The van der Waals surface area contributed by atoms with E-state index in [1.807, 2.05) is 0 Å². The fourth-order valence-corrected chi connectivity index (χ4v) is 1.52. The van der Waals surface area contributed by atoms with Crippen LogP contribution in [0.2, 0.25) is 0 Å². The van der Waals surface area contributed by atoms with Gasteiger partial charge in [0.05, 0.1) is 13.6 Å². The van der Waals surface area contributed by atoms with Gasteiger partial charge in [0.2, 0.25) is 6.33 Å². The summed E-state index contributed by atoms with van der Waals surface area (Å²) in [6.07, 6.45) is 9.73. The summed E-state index contributed by atoms with van der Waals surface area (Å²) < 4.78 is 4.45. The van der Waals surface area contributed by atoms with Crippen molar-refractivity contribution >= 4 is 0 Å². The van der Waals surface area contributed by atoms with Gasteiger partial charge in [-0.1, -0.05) is 19.8 Å². The van der Waals surface area contributed by atoms with Crippen molar-refractivity contribution in [2.45, 2.75) is 46.1 Å². The number of imidazole rings is 1. The molecule has 0 saturated heterocycles. The Morgan fingerprint density at radius 1 is 1.31 bits per heavy atom.